The fourth-order valence-corrected chi connectivity index (χ4v) is 3.27. The average molecular weight is 363 g/mol. The van der Waals surface area contributed by atoms with E-state index in [-0.39, 0.29) is 4.91 Å². The van der Waals surface area contributed by atoms with Crippen LogP contribution in [0.4, 0.5) is 0 Å². The summed E-state index contributed by atoms with van der Waals surface area (Å²) >= 11 is 2.84. The number of rotatable bonds is 6. The Kier molecular flexibility index (Phi) is 7.07. The predicted molar refractivity (Wildman–Crippen MR) is 98.3 cm³/mol. The third-order valence-corrected chi connectivity index (χ3v) is 4.89. The second kappa shape index (κ2) is 9.29. The summed E-state index contributed by atoms with van der Waals surface area (Å²) in [5, 5.41) is 10.8. The zero-order valence-corrected chi connectivity index (χ0v) is 14.9. The minimum atomic E-state index is -0.584. The number of nitrogens with zero attached hydrogens (tertiary/aromatic N) is 2. The van der Waals surface area contributed by atoms with E-state index in [2.05, 4.69) is 33.2 Å². The molecule has 1 aromatic carbocycles. The number of ether oxygens (including phenoxy) is 1. The first-order valence-electron chi connectivity index (χ1n) is 7.25. The molecule has 0 unspecified atom stereocenters. The van der Waals surface area contributed by atoms with Gasteiger partial charge in [-0.05, 0) is 41.6 Å². The lowest BCUT2D eigenvalue weighted by Crippen LogP contribution is -2.19. The molecular formula is C16H17N3O3S2. The van der Waals surface area contributed by atoms with Crippen LogP contribution >= 0.6 is 23.5 Å². The predicted octanol–water partition coefficient (Wildman–Crippen LogP) is 2.80. The van der Waals surface area contributed by atoms with Crippen molar-refractivity contribution in [1.29, 1.82) is 0 Å². The molecule has 0 aromatic heterocycles. The van der Waals surface area contributed by atoms with E-state index in [1.54, 1.807) is 18.0 Å². The van der Waals surface area contributed by atoms with E-state index in [0.717, 1.165) is 35.6 Å². The van der Waals surface area contributed by atoms with Crippen molar-refractivity contribution < 1.29 is 14.3 Å². The Bertz CT molecular complexity index is 714. The first-order chi connectivity index (χ1) is 11.6. The van der Waals surface area contributed by atoms with Crippen molar-refractivity contribution in [2.75, 3.05) is 12.9 Å². The lowest BCUT2D eigenvalue weighted by atomic mass is 10.2. The van der Waals surface area contributed by atoms with Crippen molar-refractivity contribution in [3.05, 3.63) is 40.8 Å². The Morgan fingerprint density at radius 1 is 1.46 bits per heavy atom. The number of hydrogen-bond acceptors (Lipinski definition) is 7. The summed E-state index contributed by atoms with van der Waals surface area (Å²) in [5.74, 6) is 0.0945. The molecule has 1 fully saturated rings. The molecule has 1 amide bonds. The number of methoxy groups -OCH3 is 1. The molecule has 6 nitrogen and oxygen atoms in total. The minimum Gasteiger partial charge on any atom is -0.466 e. The van der Waals surface area contributed by atoms with E-state index in [0.29, 0.717) is 5.17 Å². The smallest absolute Gasteiger partial charge is 0.331 e. The average Bonchev–Trinajstić information content (AvgIpc) is 2.93. The molecule has 0 atom stereocenters. The van der Waals surface area contributed by atoms with Crippen molar-refractivity contribution >= 4 is 46.8 Å². The molecule has 8 heteroatoms. The number of hydrogen-bond donors (Lipinski definition) is 1. The Labute approximate surface area is 148 Å². The van der Waals surface area contributed by atoms with Crippen molar-refractivity contribution in [3.63, 3.8) is 0 Å². The van der Waals surface area contributed by atoms with Crippen LogP contribution in [0.15, 0.2) is 50.3 Å². The van der Waals surface area contributed by atoms with Crippen molar-refractivity contribution in [2.24, 2.45) is 10.2 Å². The van der Waals surface area contributed by atoms with Crippen LogP contribution < -0.4 is 5.32 Å². The molecule has 126 valence electrons. The van der Waals surface area contributed by atoms with Crippen LogP contribution in [0, 0.1) is 0 Å². The lowest BCUT2D eigenvalue weighted by molar-refractivity contribution is -0.135. The Morgan fingerprint density at radius 2 is 2.29 bits per heavy atom. The van der Waals surface area contributed by atoms with E-state index in [9.17, 15) is 9.59 Å². The van der Waals surface area contributed by atoms with Gasteiger partial charge in [0, 0.05) is 11.0 Å². The molecule has 24 heavy (non-hydrogen) atoms. The molecule has 1 N–H and O–H groups in total. The molecule has 1 aliphatic rings. The first kappa shape index (κ1) is 18.3. The summed E-state index contributed by atoms with van der Waals surface area (Å²) in [7, 11) is 1.25. The van der Waals surface area contributed by atoms with Crippen molar-refractivity contribution in [1.82, 2.24) is 5.32 Å². The zero-order chi connectivity index (χ0) is 17.4. The molecule has 0 aliphatic carbocycles. The van der Waals surface area contributed by atoms with Gasteiger partial charge in [0.15, 0.2) is 5.17 Å². The van der Waals surface area contributed by atoms with Gasteiger partial charge in [-0.2, -0.15) is 5.10 Å². The highest BCUT2D eigenvalue weighted by Crippen LogP contribution is 2.23. The SMILES string of the molecule is CCCSc1cccc(C=N/N=C2/NC(=O)/C(=C\C(=O)OC)S2)c1. The maximum atomic E-state index is 11.7. The Balaban J connectivity index is 2.01. The topological polar surface area (TPSA) is 80.1 Å². The third kappa shape index (κ3) is 5.54. The summed E-state index contributed by atoms with van der Waals surface area (Å²) in [6.45, 7) is 2.14. The number of amides is 1. The van der Waals surface area contributed by atoms with Crippen LogP contribution in [0.3, 0.4) is 0 Å². The standard InChI is InChI=1S/C16H17N3O3S2/c1-3-7-23-12-6-4-5-11(8-12)10-17-19-16-18-15(21)13(24-16)9-14(20)22-2/h4-6,8-10H,3,7H2,1-2H3,(H,18,19,21)/b13-9+,17-10?. The van der Waals surface area contributed by atoms with Gasteiger partial charge in [-0.25, -0.2) is 4.79 Å². The van der Waals surface area contributed by atoms with Gasteiger partial charge in [0.05, 0.1) is 18.2 Å². The van der Waals surface area contributed by atoms with E-state index in [4.69, 9.17) is 0 Å². The normalized spacial score (nSPS) is 17.7. The Morgan fingerprint density at radius 3 is 3.04 bits per heavy atom. The van der Waals surface area contributed by atoms with Gasteiger partial charge in [0.25, 0.3) is 5.91 Å². The van der Waals surface area contributed by atoms with Gasteiger partial charge in [0.2, 0.25) is 0 Å². The molecule has 0 radical (unpaired) electrons. The van der Waals surface area contributed by atoms with Gasteiger partial charge in [0.1, 0.15) is 0 Å². The third-order valence-electron chi connectivity index (χ3n) is 2.79. The van der Waals surface area contributed by atoms with Crippen LogP contribution in [0.1, 0.15) is 18.9 Å². The molecule has 0 spiro atoms. The quantitative estimate of drug-likeness (QED) is 0.276. The van der Waals surface area contributed by atoms with E-state index >= 15 is 0 Å². The molecule has 1 aromatic rings. The second-order valence-corrected chi connectivity index (χ2v) is 6.86. The van der Waals surface area contributed by atoms with E-state index < -0.39 is 11.9 Å². The number of carbonyl (C=O) groups excluding carboxylic acids is 2. The largest absolute Gasteiger partial charge is 0.466 e. The van der Waals surface area contributed by atoms with Crippen LogP contribution in [0.5, 0.6) is 0 Å². The number of esters is 1. The highest BCUT2D eigenvalue weighted by Gasteiger charge is 2.24. The molecule has 2 rings (SSSR count). The summed E-state index contributed by atoms with van der Waals surface area (Å²) in [6, 6.07) is 7.99. The molecule has 1 saturated heterocycles. The number of amidine groups is 1. The van der Waals surface area contributed by atoms with Gasteiger partial charge < -0.3 is 4.74 Å². The maximum absolute atomic E-state index is 11.7. The fraction of sp³-hybridized carbons (Fsp3) is 0.250. The summed E-state index contributed by atoms with van der Waals surface area (Å²) in [4.78, 5) is 24.2. The monoisotopic (exact) mass is 363 g/mol. The van der Waals surface area contributed by atoms with Gasteiger partial charge >= 0.3 is 5.97 Å². The van der Waals surface area contributed by atoms with E-state index in [1.807, 2.05) is 18.2 Å². The number of carbonyl (C=O) groups is 2. The number of benzene rings is 1. The highest BCUT2D eigenvalue weighted by atomic mass is 32.2. The molecule has 0 saturated carbocycles. The maximum Gasteiger partial charge on any atom is 0.331 e. The summed E-state index contributed by atoms with van der Waals surface area (Å²) in [5.41, 5.74) is 0.931. The molecular weight excluding hydrogens is 346 g/mol. The van der Waals surface area contributed by atoms with Gasteiger partial charge in [-0.15, -0.1) is 16.9 Å². The summed E-state index contributed by atoms with van der Waals surface area (Å²) < 4.78 is 4.49. The first-order valence-corrected chi connectivity index (χ1v) is 9.05. The number of nitrogens with one attached hydrogen (secondary N) is 1. The van der Waals surface area contributed by atoms with Gasteiger partial charge in [-0.1, -0.05) is 19.1 Å². The van der Waals surface area contributed by atoms with Gasteiger partial charge in [-0.3, -0.25) is 10.1 Å². The lowest BCUT2D eigenvalue weighted by Gasteiger charge is -2.00. The second-order valence-electron chi connectivity index (χ2n) is 4.66. The molecule has 1 aliphatic heterocycles. The van der Waals surface area contributed by atoms with Crippen molar-refractivity contribution in [3.8, 4) is 0 Å². The van der Waals surface area contributed by atoms with Crippen LogP contribution in [0.2, 0.25) is 0 Å². The highest BCUT2D eigenvalue weighted by molar-refractivity contribution is 8.18. The van der Waals surface area contributed by atoms with E-state index in [1.165, 1.54) is 12.0 Å². The fourth-order valence-electron chi connectivity index (χ4n) is 1.69. The minimum absolute atomic E-state index is 0.230. The van der Waals surface area contributed by atoms with Crippen LogP contribution in [0.25, 0.3) is 0 Å². The zero-order valence-electron chi connectivity index (χ0n) is 13.3. The van der Waals surface area contributed by atoms with Crippen molar-refractivity contribution in [2.45, 2.75) is 18.2 Å². The van der Waals surface area contributed by atoms with Crippen LogP contribution in [-0.4, -0.2) is 36.1 Å². The Hall–Kier alpha value is -2.06. The summed E-state index contributed by atoms with van der Waals surface area (Å²) in [6.07, 6.45) is 3.87. The molecule has 1 heterocycles. The number of thioether (sulfide) groups is 2. The van der Waals surface area contributed by atoms with Crippen LogP contribution in [-0.2, 0) is 14.3 Å². The molecule has 0 bridgehead atoms.